The van der Waals surface area contributed by atoms with E-state index in [1.165, 1.54) is 19.1 Å². The quantitative estimate of drug-likeness (QED) is 0.119. The zero-order chi connectivity index (χ0) is 27.2. The fourth-order valence-electron chi connectivity index (χ4n) is 2.54. The number of halogens is 6. The highest BCUT2D eigenvalue weighted by molar-refractivity contribution is 7.88. The minimum Gasteiger partial charge on any atom is -0.377 e. The number of fused-ring (bicyclic) bond motifs is 1. The first-order valence-corrected chi connectivity index (χ1v) is 11.7. The van der Waals surface area contributed by atoms with Crippen LogP contribution in [0.1, 0.15) is 17.3 Å². The highest BCUT2D eigenvalue weighted by atomic mass is 32.2. The van der Waals surface area contributed by atoms with Gasteiger partial charge in [0.25, 0.3) is 0 Å². The molecule has 0 bridgehead atoms. The van der Waals surface area contributed by atoms with Gasteiger partial charge in [0.1, 0.15) is 6.42 Å². The standard InChI is InChI=1S/C19H13F6O8S2/c1-10(2)14(26)9-15(27)12-7-8-16(13-6-4-3-5-11(12)13)33-35(31,32)19(24,25)17(20,21)18(22,23)34(28,29)30/h3-9H,1H2,2H3,(H,28,29,30). The maximum Gasteiger partial charge on any atom is 0.450 e. The summed E-state index contributed by atoms with van der Waals surface area (Å²) in [4.78, 5) is 24.1. The van der Waals surface area contributed by atoms with E-state index in [-0.39, 0.29) is 16.5 Å². The van der Waals surface area contributed by atoms with Gasteiger partial charge in [0.15, 0.2) is 17.3 Å². The van der Waals surface area contributed by atoms with Crippen molar-refractivity contribution in [3.05, 3.63) is 60.5 Å². The molecule has 0 spiro atoms. The number of carbonyl (C=O) groups is 2. The van der Waals surface area contributed by atoms with E-state index < -0.39 is 59.4 Å². The second-order valence-corrected chi connectivity index (χ2v) is 9.98. The average molecular weight is 547 g/mol. The summed E-state index contributed by atoms with van der Waals surface area (Å²) in [6.45, 7) is 4.63. The fraction of sp³-hybridized carbons (Fsp3) is 0.211. The third-order valence-corrected chi connectivity index (χ3v) is 6.59. The lowest BCUT2D eigenvalue weighted by Gasteiger charge is -2.29. The van der Waals surface area contributed by atoms with Crippen LogP contribution in [0.15, 0.2) is 48.6 Å². The van der Waals surface area contributed by atoms with E-state index in [4.69, 9.17) is 4.55 Å². The summed E-state index contributed by atoms with van der Waals surface area (Å²) in [6, 6.07) is 5.91. The van der Waals surface area contributed by atoms with Gasteiger partial charge in [-0.15, -0.1) is 0 Å². The normalized spacial score (nSPS) is 13.5. The highest BCUT2D eigenvalue weighted by Gasteiger charge is 2.83. The summed E-state index contributed by atoms with van der Waals surface area (Å²) in [7, 11) is -14.3. The summed E-state index contributed by atoms with van der Waals surface area (Å²) in [5.41, 5.74) is -0.298. The van der Waals surface area contributed by atoms with Gasteiger partial charge in [-0.25, -0.2) is 0 Å². The molecule has 0 aliphatic carbocycles. The Morgan fingerprint density at radius 3 is 1.91 bits per heavy atom. The molecular weight excluding hydrogens is 534 g/mol. The SMILES string of the molecule is C=C(C)C(=O)[CH]C(=O)c1ccc(OS(=O)(=O)C(F)(F)C(F)(F)C(F)(F)S(=O)(=O)O)c2ccccc12. The number of rotatable bonds is 10. The Bertz CT molecular complexity index is 1430. The monoisotopic (exact) mass is 547 g/mol. The van der Waals surface area contributed by atoms with Crippen LogP contribution in [0.2, 0.25) is 0 Å². The number of ketones is 2. The van der Waals surface area contributed by atoms with Gasteiger partial charge in [0, 0.05) is 10.9 Å². The molecule has 2 rings (SSSR count). The first-order chi connectivity index (χ1) is 15.7. The van der Waals surface area contributed by atoms with Crippen molar-refractivity contribution in [2.45, 2.75) is 23.4 Å². The first kappa shape index (κ1) is 28.3. The van der Waals surface area contributed by atoms with Crippen molar-refractivity contribution < 1.29 is 61.5 Å². The number of benzene rings is 2. The topological polar surface area (TPSA) is 132 Å². The molecule has 2 aromatic carbocycles. The van der Waals surface area contributed by atoms with E-state index in [2.05, 4.69) is 10.8 Å². The van der Waals surface area contributed by atoms with Crippen molar-refractivity contribution in [3.8, 4) is 5.75 Å². The lowest BCUT2D eigenvalue weighted by Crippen LogP contribution is -2.61. The molecule has 0 aliphatic rings. The molecule has 35 heavy (non-hydrogen) atoms. The van der Waals surface area contributed by atoms with E-state index in [0.29, 0.717) is 12.5 Å². The van der Waals surface area contributed by atoms with Crippen LogP contribution in [0.4, 0.5) is 26.3 Å². The van der Waals surface area contributed by atoms with Gasteiger partial charge < -0.3 is 4.18 Å². The summed E-state index contributed by atoms with van der Waals surface area (Å²) in [5.74, 6) is -10.0. The van der Waals surface area contributed by atoms with Crippen LogP contribution in [0.3, 0.4) is 0 Å². The number of hydrogen-bond acceptors (Lipinski definition) is 7. The van der Waals surface area contributed by atoms with Crippen LogP contribution in [-0.2, 0) is 25.0 Å². The van der Waals surface area contributed by atoms with Gasteiger partial charge in [0.05, 0.1) is 0 Å². The zero-order valence-electron chi connectivity index (χ0n) is 17.1. The summed E-state index contributed by atoms with van der Waals surface area (Å²) < 4.78 is 140. The molecule has 0 fully saturated rings. The zero-order valence-corrected chi connectivity index (χ0v) is 18.8. The molecule has 0 unspecified atom stereocenters. The maximum atomic E-state index is 14.1. The summed E-state index contributed by atoms with van der Waals surface area (Å²) in [6.07, 6.45) is 0.619. The van der Waals surface area contributed by atoms with Crippen LogP contribution in [0, 0.1) is 6.42 Å². The van der Waals surface area contributed by atoms with Gasteiger partial charge in [-0.2, -0.15) is 43.2 Å². The van der Waals surface area contributed by atoms with E-state index in [1.807, 2.05) is 0 Å². The minimum atomic E-state index is -7.20. The fourth-order valence-corrected chi connectivity index (χ4v) is 3.98. The number of Topliss-reactive ketones (excluding diaryl/α,β-unsaturated/α-hetero) is 2. The van der Waals surface area contributed by atoms with Crippen molar-refractivity contribution in [1.82, 2.24) is 0 Å². The molecule has 0 atom stereocenters. The van der Waals surface area contributed by atoms with Crippen LogP contribution in [-0.4, -0.2) is 49.4 Å². The van der Waals surface area contributed by atoms with Crippen LogP contribution < -0.4 is 4.18 Å². The lowest BCUT2D eigenvalue weighted by molar-refractivity contribution is -0.247. The Morgan fingerprint density at radius 1 is 0.914 bits per heavy atom. The summed E-state index contributed by atoms with van der Waals surface area (Å²) in [5, 5.41) is -14.5. The Kier molecular flexibility index (Phi) is 7.19. The summed E-state index contributed by atoms with van der Waals surface area (Å²) >= 11 is 0. The predicted octanol–water partition coefficient (Wildman–Crippen LogP) is 3.79. The molecule has 16 heteroatoms. The molecular formula is C19H13F6O8S2. The van der Waals surface area contributed by atoms with Gasteiger partial charge in [0.2, 0.25) is 0 Å². The smallest absolute Gasteiger partial charge is 0.377 e. The molecule has 2 aromatic rings. The Hall–Kier alpha value is -2.98. The first-order valence-electron chi connectivity index (χ1n) is 8.84. The molecule has 1 radical (unpaired) electrons. The molecule has 0 saturated heterocycles. The van der Waals surface area contributed by atoms with E-state index in [1.54, 1.807) is 0 Å². The van der Waals surface area contributed by atoms with Crippen molar-refractivity contribution >= 4 is 42.6 Å². The van der Waals surface area contributed by atoms with Crippen molar-refractivity contribution in [2.24, 2.45) is 0 Å². The lowest BCUT2D eigenvalue weighted by atomic mass is 9.97. The van der Waals surface area contributed by atoms with E-state index in [0.717, 1.165) is 18.2 Å². The van der Waals surface area contributed by atoms with Crippen LogP contribution in [0.25, 0.3) is 10.8 Å². The molecule has 0 aromatic heterocycles. The molecule has 1 N–H and O–H groups in total. The van der Waals surface area contributed by atoms with Crippen molar-refractivity contribution in [2.75, 3.05) is 0 Å². The molecule has 8 nitrogen and oxygen atoms in total. The van der Waals surface area contributed by atoms with Gasteiger partial charge >= 0.3 is 36.7 Å². The van der Waals surface area contributed by atoms with Crippen molar-refractivity contribution in [1.29, 1.82) is 0 Å². The molecule has 191 valence electrons. The Labute approximate surface area is 194 Å². The highest BCUT2D eigenvalue weighted by Crippen LogP contribution is 2.51. The third-order valence-electron chi connectivity index (χ3n) is 4.40. The van der Waals surface area contributed by atoms with Gasteiger partial charge in [-0.05, 0) is 30.0 Å². The molecule has 0 amide bonds. The van der Waals surface area contributed by atoms with Gasteiger partial charge in [-0.1, -0.05) is 30.8 Å². The second-order valence-electron chi connectivity index (χ2n) is 6.93. The Morgan fingerprint density at radius 2 is 1.43 bits per heavy atom. The number of hydrogen-bond donors (Lipinski definition) is 1. The van der Waals surface area contributed by atoms with Crippen LogP contribution >= 0.6 is 0 Å². The third kappa shape index (κ3) is 4.77. The van der Waals surface area contributed by atoms with Gasteiger partial charge in [-0.3, -0.25) is 14.1 Å². The molecule has 0 aliphatic heterocycles. The van der Waals surface area contributed by atoms with E-state index in [9.17, 15) is 52.8 Å². The molecule has 0 heterocycles. The number of alkyl halides is 6. The second kappa shape index (κ2) is 8.91. The average Bonchev–Trinajstić information content (AvgIpc) is 2.72. The minimum absolute atomic E-state index is 0.0152. The number of carbonyl (C=O) groups excluding carboxylic acids is 2. The van der Waals surface area contributed by atoms with Crippen molar-refractivity contribution in [3.63, 3.8) is 0 Å². The number of allylic oxidation sites excluding steroid dienone is 1. The predicted molar refractivity (Wildman–Crippen MR) is 108 cm³/mol. The largest absolute Gasteiger partial charge is 0.450 e. The van der Waals surface area contributed by atoms with E-state index >= 15 is 0 Å². The Balaban J connectivity index is 2.59. The maximum absolute atomic E-state index is 14.1. The molecule has 0 saturated carbocycles. The van der Waals surface area contributed by atoms with Crippen LogP contribution in [0.5, 0.6) is 5.75 Å².